The van der Waals surface area contributed by atoms with Crippen molar-refractivity contribution in [3.05, 3.63) is 29.8 Å². The van der Waals surface area contributed by atoms with Crippen LogP contribution in [-0.4, -0.2) is 47.7 Å². The Morgan fingerprint density at radius 1 is 1.24 bits per heavy atom. The first-order valence-corrected chi connectivity index (χ1v) is 8.63. The molecule has 0 saturated carbocycles. The summed E-state index contributed by atoms with van der Waals surface area (Å²) in [7, 11) is 0. The molecule has 1 N–H and O–H groups in total. The van der Waals surface area contributed by atoms with Gasteiger partial charge in [0.15, 0.2) is 0 Å². The summed E-state index contributed by atoms with van der Waals surface area (Å²) < 4.78 is 11.2. The Hall–Kier alpha value is -2.24. The van der Waals surface area contributed by atoms with Gasteiger partial charge in [0.1, 0.15) is 17.5 Å². The highest BCUT2D eigenvalue weighted by Crippen LogP contribution is 2.21. The Balaban J connectivity index is 1.76. The summed E-state index contributed by atoms with van der Waals surface area (Å²) in [6.07, 6.45) is 0.474. The van der Waals surface area contributed by atoms with Crippen LogP contribution < -0.4 is 10.1 Å². The third kappa shape index (κ3) is 6.29. The second kappa shape index (κ2) is 7.76. The molecule has 1 heterocycles. The van der Waals surface area contributed by atoms with Crippen molar-refractivity contribution in [1.82, 2.24) is 10.2 Å². The molecule has 1 unspecified atom stereocenters. The maximum atomic E-state index is 11.9. The highest BCUT2D eigenvalue weighted by molar-refractivity contribution is 5.73. The third-order valence-corrected chi connectivity index (χ3v) is 3.72. The summed E-state index contributed by atoms with van der Waals surface area (Å²) in [5.74, 6) is 0.761. The molecule has 2 amide bonds. The van der Waals surface area contributed by atoms with Crippen molar-refractivity contribution in [2.24, 2.45) is 0 Å². The number of amides is 2. The zero-order valence-electron chi connectivity index (χ0n) is 15.7. The van der Waals surface area contributed by atoms with Crippen molar-refractivity contribution in [1.29, 1.82) is 0 Å². The summed E-state index contributed by atoms with van der Waals surface area (Å²) in [5.41, 5.74) is 0.658. The monoisotopic (exact) mass is 348 g/mol. The van der Waals surface area contributed by atoms with E-state index in [-0.39, 0.29) is 24.1 Å². The Labute approximate surface area is 149 Å². The number of carbonyl (C=O) groups is 2. The predicted molar refractivity (Wildman–Crippen MR) is 95.6 cm³/mol. The smallest absolute Gasteiger partial charge is 0.410 e. The lowest BCUT2D eigenvalue weighted by molar-refractivity contribution is -0.119. The molecule has 1 aromatic rings. The van der Waals surface area contributed by atoms with Crippen molar-refractivity contribution >= 4 is 12.0 Å². The molecule has 1 aliphatic rings. The second-order valence-corrected chi connectivity index (χ2v) is 7.57. The van der Waals surface area contributed by atoms with Gasteiger partial charge in [0.25, 0.3) is 0 Å². The first kappa shape index (κ1) is 19.1. The molecule has 6 heteroatoms. The molecule has 6 nitrogen and oxygen atoms in total. The highest BCUT2D eigenvalue weighted by Gasteiger charge is 2.35. The van der Waals surface area contributed by atoms with E-state index < -0.39 is 5.60 Å². The van der Waals surface area contributed by atoms with Crippen molar-refractivity contribution in [3.63, 3.8) is 0 Å². The molecular weight excluding hydrogens is 320 g/mol. The SMILES string of the molecule is CC(=O)NC(C)Cc1ccc(OC2CN(C(=O)OC(C)(C)C)C2)cc1. The highest BCUT2D eigenvalue weighted by atomic mass is 16.6. The average molecular weight is 348 g/mol. The van der Waals surface area contributed by atoms with E-state index >= 15 is 0 Å². The van der Waals surface area contributed by atoms with Crippen LogP contribution in [0.2, 0.25) is 0 Å². The number of rotatable bonds is 5. The van der Waals surface area contributed by atoms with Crippen LogP contribution in [0.3, 0.4) is 0 Å². The number of likely N-dealkylation sites (tertiary alicyclic amines) is 1. The maximum absolute atomic E-state index is 11.9. The molecule has 2 rings (SSSR count). The van der Waals surface area contributed by atoms with Crippen LogP contribution in [0.4, 0.5) is 4.79 Å². The van der Waals surface area contributed by atoms with Gasteiger partial charge in [0, 0.05) is 13.0 Å². The van der Waals surface area contributed by atoms with Crippen LogP contribution in [0.15, 0.2) is 24.3 Å². The van der Waals surface area contributed by atoms with E-state index in [2.05, 4.69) is 5.32 Å². The van der Waals surface area contributed by atoms with E-state index in [0.717, 1.165) is 17.7 Å². The Bertz CT molecular complexity index is 601. The van der Waals surface area contributed by atoms with Gasteiger partial charge in [-0.1, -0.05) is 12.1 Å². The van der Waals surface area contributed by atoms with Gasteiger partial charge < -0.3 is 19.7 Å². The fraction of sp³-hybridized carbons (Fsp3) is 0.579. The Morgan fingerprint density at radius 2 is 1.84 bits per heavy atom. The van der Waals surface area contributed by atoms with Crippen LogP contribution in [0, 0.1) is 0 Å². The lowest BCUT2D eigenvalue weighted by Crippen LogP contribution is -2.57. The molecular formula is C19H28N2O4. The number of benzene rings is 1. The zero-order chi connectivity index (χ0) is 18.6. The molecule has 1 saturated heterocycles. The molecule has 1 aliphatic heterocycles. The molecule has 1 fully saturated rings. The molecule has 1 atom stereocenters. The molecule has 0 aromatic heterocycles. The summed E-state index contributed by atoms with van der Waals surface area (Å²) in [6, 6.07) is 7.94. The molecule has 138 valence electrons. The number of ether oxygens (including phenoxy) is 2. The van der Waals surface area contributed by atoms with E-state index in [4.69, 9.17) is 9.47 Å². The van der Waals surface area contributed by atoms with Crippen molar-refractivity contribution < 1.29 is 19.1 Å². The van der Waals surface area contributed by atoms with E-state index in [0.29, 0.717) is 13.1 Å². The van der Waals surface area contributed by atoms with Gasteiger partial charge in [-0.2, -0.15) is 0 Å². The molecule has 0 bridgehead atoms. The van der Waals surface area contributed by atoms with Gasteiger partial charge in [-0.3, -0.25) is 4.79 Å². The van der Waals surface area contributed by atoms with Gasteiger partial charge in [0.2, 0.25) is 5.91 Å². The van der Waals surface area contributed by atoms with E-state index in [1.165, 1.54) is 6.92 Å². The first-order valence-electron chi connectivity index (χ1n) is 8.63. The van der Waals surface area contributed by atoms with Crippen LogP contribution in [0.1, 0.15) is 40.2 Å². The van der Waals surface area contributed by atoms with Crippen molar-refractivity contribution in [3.8, 4) is 5.75 Å². The van der Waals surface area contributed by atoms with Gasteiger partial charge in [-0.25, -0.2) is 4.79 Å². The van der Waals surface area contributed by atoms with Crippen LogP contribution in [0.5, 0.6) is 5.75 Å². The summed E-state index contributed by atoms with van der Waals surface area (Å²) in [4.78, 5) is 24.6. The standard InChI is InChI=1S/C19H28N2O4/c1-13(20-14(2)22)10-15-6-8-16(9-7-15)24-17-11-21(12-17)18(23)25-19(3,4)5/h6-9,13,17H,10-12H2,1-5H3,(H,20,22). The minimum absolute atomic E-state index is 0.00308. The zero-order valence-corrected chi connectivity index (χ0v) is 15.7. The number of hydrogen-bond donors (Lipinski definition) is 1. The summed E-state index contributed by atoms with van der Waals surface area (Å²) >= 11 is 0. The number of nitrogens with zero attached hydrogens (tertiary/aromatic N) is 1. The van der Waals surface area contributed by atoms with Crippen molar-refractivity contribution in [2.75, 3.05) is 13.1 Å². The lowest BCUT2D eigenvalue weighted by Gasteiger charge is -2.39. The molecule has 1 aromatic carbocycles. The quantitative estimate of drug-likeness (QED) is 0.888. The average Bonchev–Trinajstić information content (AvgIpc) is 2.41. The Kier molecular flexibility index (Phi) is 5.93. The van der Waals surface area contributed by atoms with Crippen LogP contribution >= 0.6 is 0 Å². The number of hydrogen-bond acceptors (Lipinski definition) is 4. The maximum Gasteiger partial charge on any atom is 0.410 e. The minimum atomic E-state index is -0.479. The largest absolute Gasteiger partial charge is 0.487 e. The van der Waals surface area contributed by atoms with Crippen LogP contribution in [-0.2, 0) is 16.0 Å². The normalized spacial score (nSPS) is 16.0. The van der Waals surface area contributed by atoms with Gasteiger partial charge in [-0.15, -0.1) is 0 Å². The van der Waals surface area contributed by atoms with E-state index in [9.17, 15) is 9.59 Å². The van der Waals surface area contributed by atoms with Crippen molar-refractivity contribution in [2.45, 2.75) is 58.8 Å². The fourth-order valence-electron chi connectivity index (χ4n) is 2.64. The van der Waals surface area contributed by atoms with Crippen LogP contribution in [0.25, 0.3) is 0 Å². The minimum Gasteiger partial charge on any atom is -0.487 e. The molecule has 0 spiro atoms. The second-order valence-electron chi connectivity index (χ2n) is 7.57. The van der Waals surface area contributed by atoms with E-state index in [1.807, 2.05) is 52.0 Å². The summed E-state index contributed by atoms with van der Waals surface area (Å²) in [5, 5.41) is 2.87. The lowest BCUT2D eigenvalue weighted by atomic mass is 10.1. The molecule has 0 radical (unpaired) electrons. The Morgan fingerprint density at radius 3 is 2.36 bits per heavy atom. The molecule has 0 aliphatic carbocycles. The first-order chi connectivity index (χ1) is 11.6. The third-order valence-electron chi connectivity index (χ3n) is 3.72. The predicted octanol–water partition coefficient (Wildman–Crippen LogP) is 2.75. The fourth-order valence-corrected chi connectivity index (χ4v) is 2.64. The van der Waals surface area contributed by atoms with Gasteiger partial charge in [0.05, 0.1) is 13.1 Å². The van der Waals surface area contributed by atoms with E-state index in [1.54, 1.807) is 4.90 Å². The number of nitrogens with one attached hydrogen (secondary N) is 1. The van der Waals surface area contributed by atoms with Gasteiger partial charge >= 0.3 is 6.09 Å². The summed E-state index contributed by atoms with van der Waals surface area (Å²) in [6.45, 7) is 10.1. The molecule has 25 heavy (non-hydrogen) atoms. The number of carbonyl (C=O) groups excluding carboxylic acids is 2. The van der Waals surface area contributed by atoms with Gasteiger partial charge in [-0.05, 0) is 51.8 Å². The topological polar surface area (TPSA) is 67.9 Å².